The number of nitrogens with two attached hydrogens (primary N) is 1. The van der Waals surface area contributed by atoms with Crippen molar-refractivity contribution in [1.29, 1.82) is 5.41 Å². The third-order valence-corrected chi connectivity index (χ3v) is 7.57. The molecule has 0 unspecified atom stereocenters. The quantitative estimate of drug-likeness (QED) is 0.230. The number of thiazole rings is 1. The van der Waals surface area contributed by atoms with Crippen molar-refractivity contribution in [3.05, 3.63) is 82.7 Å². The summed E-state index contributed by atoms with van der Waals surface area (Å²) < 4.78 is 29.6. The highest BCUT2D eigenvalue weighted by molar-refractivity contribution is 7.89. The van der Waals surface area contributed by atoms with Crippen LogP contribution >= 0.6 is 11.3 Å². The predicted octanol–water partition coefficient (Wildman–Crippen LogP) is 4.84. The lowest BCUT2D eigenvalue weighted by molar-refractivity contribution is 0.0691. The number of hydrogen-bond donors (Lipinski definition) is 4. The molecule has 1 aliphatic rings. The molecule has 2 aromatic carbocycles. The average molecular weight is 527 g/mol. The van der Waals surface area contributed by atoms with Crippen molar-refractivity contribution in [1.82, 2.24) is 4.98 Å². The van der Waals surface area contributed by atoms with Gasteiger partial charge in [0.15, 0.2) is 16.6 Å². The van der Waals surface area contributed by atoms with E-state index >= 15 is 0 Å². The van der Waals surface area contributed by atoms with Gasteiger partial charge in [-0.15, -0.1) is 11.3 Å². The van der Waals surface area contributed by atoms with Crippen molar-refractivity contribution < 1.29 is 23.1 Å². The summed E-state index contributed by atoms with van der Waals surface area (Å²) in [5, 5.41) is 28.6. The van der Waals surface area contributed by atoms with E-state index in [4.69, 9.17) is 15.3 Å². The minimum absolute atomic E-state index is 0.0404. The highest BCUT2D eigenvalue weighted by Gasteiger charge is 2.27. The zero-order valence-corrected chi connectivity index (χ0v) is 20.9. The summed E-state index contributed by atoms with van der Waals surface area (Å²) in [7, 11) is -3.86. The summed E-state index contributed by atoms with van der Waals surface area (Å²) in [6.45, 7) is 0. The van der Waals surface area contributed by atoms with E-state index in [1.807, 2.05) is 18.2 Å². The van der Waals surface area contributed by atoms with Crippen molar-refractivity contribution >= 4 is 38.2 Å². The third kappa shape index (κ3) is 6.17. The molecule has 1 heterocycles. The summed E-state index contributed by atoms with van der Waals surface area (Å²) in [6.07, 6.45) is 4.90. The van der Waals surface area contributed by atoms with Crippen molar-refractivity contribution in [2.75, 3.05) is 5.32 Å². The van der Waals surface area contributed by atoms with Gasteiger partial charge in [0.1, 0.15) is 11.5 Å². The van der Waals surface area contributed by atoms with Crippen LogP contribution in [0.25, 0.3) is 0 Å². The van der Waals surface area contributed by atoms with Gasteiger partial charge in [0, 0.05) is 16.9 Å². The van der Waals surface area contributed by atoms with Gasteiger partial charge in [0.25, 0.3) is 0 Å². The third-order valence-electron chi connectivity index (χ3n) is 5.88. The van der Waals surface area contributed by atoms with Gasteiger partial charge >= 0.3 is 5.97 Å². The minimum atomic E-state index is -3.86. The number of allylic oxidation sites excluding steroid dienone is 2. The summed E-state index contributed by atoms with van der Waals surface area (Å²) in [5.41, 5.74) is 1.35. The Kier molecular flexibility index (Phi) is 7.82. The highest BCUT2D eigenvalue weighted by Crippen LogP contribution is 2.35. The Hall–Kier alpha value is -3.54. The molecule has 11 heteroatoms. The number of benzene rings is 2. The molecule has 0 saturated heterocycles. The van der Waals surface area contributed by atoms with Gasteiger partial charge in [-0.3, -0.25) is 5.41 Å². The number of nitrogens with zero attached hydrogens (tertiary/aromatic N) is 1. The van der Waals surface area contributed by atoms with E-state index in [1.165, 1.54) is 29.6 Å². The first kappa shape index (κ1) is 25.5. The van der Waals surface area contributed by atoms with Crippen LogP contribution in [-0.4, -0.2) is 30.2 Å². The van der Waals surface area contributed by atoms with Gasteiger partial charge < -0.3 is 15.2 Å². The Morgan fingerprint density at radius 2 is 1.75 bits per heavy atom. The Balaban J connectivity index is 1.81. The largest absolute Gasteiger partial charge is 0.476 e. The second kappa shape index (κ2) is 11.0. The summed E-state index contributed by atoms with van der Waals surface area (Å²) in [4.78, 5) is 15.5. The van der Waals surface area contributed by atoms with Crippen LogP contribution in [0.3, 0.4) is 0 Å². The molecule has 36 heavy (non-hydrogen) atoms. The van der Waals surface area contributed by atoms with Gasteiger partial charge in [0.2, 0.25) is 10.0 Å². The Morgan fingerprint density at radius 3 is 2.33 bits per heavy atom. The van der Waals surface area contributed by atoms with Crippen LogP contribution in [0, 0.1) is 11.3 Å². The van der Waals surface area contributed by atoms with Crippen LogP contribution in [0.2, 0.25) is 0 Å². The van der Waals surface area contributed by atoms with Crippen molar-refractivity contribution in [3.63, 3.8) is 0 Å². The van der Waals surface area contributed by atoms with Crippen LogP contribution < -0.4 is 15.2 Å². The molecule has 5 N–H and O–H groups in total. The molecule has 0 amide bonds. The fraction of sp³-hybridized carbons (Fsp3) is 0.240. The van der Waals surface area contributed by atoms with Gasteiger partial charge in [-0.1, -0.05) is 49.6 Å². The average Bonchev–Trinajstić information content (AvgIpc) is 3.36. The van der Waals surface area contributed by atoms with Crippen molar-refractivity contribution in [3.8, 4) is 5.75 Å². The van der Waals surface area contributed by atoms with Crippen molar-refractivity contribution in [2.24, 2.45) is 11.1 Å². The number of primary sulfonamides is 1. The zero-order valence-electron chi connectivity index (χ0n) is 19.3. The zero-order chi connectivity index (χ0) is 25.7. The van der Waals surface area contributed by atoms with Crippen molar-refractivity contribution in [2.45, 2.75) is 37.0 Å². The standard InChI is InChI=1S/C25H26N4O5S2/c26-21(16-7-3-1-4-8-16)23(34-18-11-13-19(14-12-18)36(27,32)33)22(17-9-5-2-6-10-17)29-25-28-20(15-35-25)24(30)31/h1,3-4,7-8,11-15,17,26H,2,5-6,9-10H2,(H,28,29)(H,30,31)(H2,27,32,33)/b23-22+,26-21?. The number of anilines is 1. The SMILES string of the molecule is N=C(/C(Oc1ccc(S(N)(=O)=O)cc1)=C(\Nc1nc(C(=O)O)cs1)C1CCCCC1)c1ccccc1. The van der Waals surface area contributed by atoms with Gasteiger partial charge in [-0.05, 0) is 37.1 Å². The summed E-state index contributed by atoms with van der Waals surface area (Å²) in [5.74, 6) is -0.480. The fourth-order valence-electron chi connectivity index (χ4n) is 4.07. The Bertz CT molecular complexity index is 1380. The van der Waals surface area contributed by atoms with E-state index in [9.17, 15) is 18.3 Å². The maximum absolute atomic E-state index is 11.7. The molecule has 0 bridgehead atoms. The van der Waals surface area contributed by atoms with E-state index in [0.717, 1.165) is 43.4 Å². The maximum Gasteiger partial charge on any atom is 0.355 e. The second-order valence-corrected chi connectivity index (χ2v) is 10.8. The Labute approximate surface area is 213 Å². The molecule has 9 nitrogen and oxygen atoms in total. The normalized spacial score (nSPS) is 15.1. The number of nitrogens with one attached hydrogen (secondary N) is 2. The number of rotatable bonds is 9. The molecule has 1 fully saturated rings. The molecule has 0 spiro atoms. The number of hydrogen-bond acceptors (Lipinski definition) is 8. The van der Waals surface area contributed by atoms with E-state index in [2.05, 4.69) is 10.3 Å². The first-order valence-electron chi connectivity index (χ1n) is 11.4. The highest BCUT2D eigenvalue weighted by atomic mass is 32.2. The number of sulfonamides is 1. The number of aromatic nitrogens is 1. The molecule has 1 aromatic heterocycles. The molecule has 1 saturated carbocycles. The van der Waals surface area contributed by atoms with Gasteiger partial charge in [-0.25, -0.2) is 23.3 Å². The first-order valence-corrected chi connectivity index (χ1v) is 13.8. The second-order valence-electron chi connectivity index (χ2n) is 8.41. The molecule has 0 radical (unpaired) electrons. The molecule has 1 aliphatic carbocycles. The molecule has 0 atom stereocenters. The fourth-order valence-corrected chi connectivity index (χ4v) is 5.28. The molecular formula is C25H26N4O5S2. The van der Waals surface area contributed by atoms with Crippen LogP contribution in [0.15, 0.2) is 76.3 Å². The molecular weight excluding hydrogens is 500 g/mol. The predicted molar refractivity (Wildman–Crippen MR) is 138 cm³/mol. The van der Waals surface area contributed by atoms with Crippen LogP contribution in [-0.2, 0) is 10.0 Å². The molecule has 4 rings (SSSR count). The lowest BCUT2D eigenvalue weighted by Crippen LogP contribution is -2.23. The smallest absolute Gasteiger partial charge is 0.355 e. The van der Waals surface area contributed by atoms with E-state index in [0.29, 0.717) is 22.1 Å². The maximum atomic E-state index is 11.7. The summed E-state index contributed by atoms with van der Waals surface area (Å²) in [6, 6.07) is 14.8. The van der Waals surface area contributed by atoms with Crippen LogP contribution in [0.4, 0.5) is 5.13 Å². The van der Waals surface area contributed by atoms with E-state index in [-0.39, 0.29) is 28.0 Å². The lowest BCUT2D eigenvalue weighted by Gasteiger charge is -2.27. The number of carboxylic acids is 1. The molecule has 3 aromatic rings. The number of ether oxygens (including phenoxy) is 1. The lowest BCUT2D eigenvalue weighted by atomic mass is 9.85. The number of carbonyl (C=O) groups is 1. The van der Waals surface area contributed by atoms with E-state index in [1.54, 1.807) is 12.1 Å². The minimum Gasteiger partial charge on any atom is -0.476 e. The molecule has 188 valence electrons. The monoisotopic (exact) mass is 526 g/mol. The van der Waals surface area contributed by atoms with E-state index < -0.39 is 16.0 Å². The topological polar surface area (TPSA) is 155 Å². The molecule has 0 aliphatic heterocycles. The van der Waals surface area contributed by atoms with Crippen LogP contribution in [0.5, 0.6) is 5.75 Å². The van der Waals surface area contributed by atoms with Gasteiger partial charge in [-0.2, -0.15) is 0 Å². The first-order chi connectivity index (χ1) is 17.2. The van der Waals surface area contributed by atoms with Gasteiger partial charge in [0.05, 0.1) is 10.6 Å². The number of carboxylic acid groups (broad SMARTS) is 1. The number of aromatic carboxylic acids is 1. The van der Waals surface area contributed by atoms with Crippen LogP contribution in [0.1, 0.15) is 48.2 Å². The Morgan fingerprint density at radius 1 is 1.08 bits per heavy atom. The summed E-state index contributed by atoms with van der Waals surface area (Å²) >= 11 is 1.16.